The molecule has 0 N–H and O–H groups in total. The summed E-state index contributed by atoms with van der Waals surface area (Å²) in [5.74, 6) is 5.31. The molecule has 376 valence electrons. The minimum Gasteiger partial charge on any atom is -0.380 e. The van der Waals surface area contributed by atoms with Crippen molar-refractivity contribution in [2.24, 2.45) is 46.3 Å². The van der Waals surface area contributed by atoms with E-state index in [-0.39, 0.29) is 6.10 Å². The van der Waals surface area contributed by atoms with E-state index >= 15 is 0 Å². The molecule has 0 spiro atoms. The van der Waals surface area contributed by atoms with Crippen LogP contribution in [0.2, 0.25) is 0 Å². The molecule has 0 aromatic rings. The molecule has 0 amide bonds. The van der Waals surface area contributed by atoms with Gasteiger partial charge in [-0.1, -0.05) is 135 Å². The molecule has 4 fully saturated rings. The van der Waals surface area contributed by atoms with Crippen LogP contribution < -0.4 is 0 Å². The van der Waals surface area contributed by atoms with E-state index in [9.17, 15) is 0 Å². The average Bonchev–Trinajstić information content (AvgIpc) is 3.91. The number of fused-ring (bicyclic) bond motifs is 5. The second-order valence-corrected chi connectivity index (χ2v) is 22.5. The summed E-state index contributed by atoms with van der Waals surface area (Å²) in [5, 5.41) is 0. The Hall–Kier alpha value is -1.06. The number of hydrogen-bond donors (Lipinski definition) is 0. The highest BCUT2D eigenvalue weighted by molar-refractivity contribution is 5.25. The molecule has 7 heteroatoms. The molecule has 65 heavy (non-hydrogen) atoms. The van der Waals surface area contributed by atoms with Crippen LogP contribution >= 0.6 is 0 Å². The van der Waals surface area contributed by atoms with Crippen molar-refractivity contribution < 1.29 is 28.4 Å². The molecular weight excluding hydrogens is 807 g/mol. The van der Waals surface area contributed by atoms with Crippen LogP contribution in [0.1, 0.15) is 196 Å². The first-order chi connectivity index (χ1) is 31.7. The number of ether oxygens (including phenoxy) is 6. The molecular formula is C58H103NO6. The van der Waals surface area contributed by atoms with Crippen LogP contribution in [0.25, 0.3) is 0 Å². The molecule has 0 bridgehead atoms. The molecule has 7 nitrogen and oxygen atoms in total. The van der Waals surface area contributed by atoms with Crippen molar-refractivity contribution >= 4 is 0 Å². The molecule has 0 radical (unpaired) electrons. The molecule has 0 aromatic heterocycles. The Morgan fingerprint density at radius 1 is 0.723 bits per heavy atom. The van der Waals surface area contributed by atoms with Crippen molar-refractivity contribution in [1.82, 2.24) is 4.90 Å². The van der Waals surface area contributed by atoms with Gasteiger partial charge in [-0.3, -0.25) is 4.90 Å². The van der Waals surface area contributed by atoms with Crippen LogP contribution in [-0.2, 0) is 28.4 Å². The fourth-order valence-electron chi connectivity index (χ4n) is 13.5. The predicted molar refractivity (Wildman–Crippen MR) is 271 cm³/mol. The van der Waals surface area contributed by atoms with E-state index in [0.717, 1.165) is 87.4 Å². The van der Waals surface area contributed by atoms with Crippen molar-refractivity contribution in [2.45, 2.75) is 214 Å². The average molecular weight is 910 g/mol. The second-order valence-electron chi connectivity index (χ2n) is 22.5. The van der Waals surface area contributed by atoms with Crippen LogP contribution in [0.3, 0.4) is 0 Å². The van der Waals surface area contributed by atoms with Gasteiger partial charge in [0.2, 0.25) is 0 Å². The fraction of sp³-hybridized carbons (Fsp3) is 0.897. The third-order valence-corrected chi connectivity index (χ3v) is 17.4. The molecule has 5 aliphatic rings. The van der Waals surface area contributed by atoms with Crippen molar-refractivity contribution in [3.05, 3.63) is 36.0 Å². The van der Waals surface area contributed by atoms with Gasteiger partial charge in [0.25, 0.3) is 0 Å². The van der Waals surface area contributed by atoms with Gasteiger partial charge in [-0.25, -0.2) is 0 Å². The fourth-order valence-corrected chi connectivity index (χ4v) is 13.5. The van der Waals surface area contributed by atoms with Gasteiger partial charge < -0.3 is 28.4 Å². The Morgan fingerprint density at radius 2 is 1.49 bits per heavy atom. The number of likely N-dealkylation sites (tertiary alicyclic amines) is 1. The third kappa shape index (κ3) is 18.0. The number of rotatable bonds is 35. The van der Waals surface area contributed by atoms with Crippen molar-refractivity contribution in [1.29, 1.82) is 0 Å². The van der Waals surface area contributed by atoms with E-state index in [2.05, 4.69) is 76.8 Å². The van der Waals surface area contributed by atoms with Gasteiger partial charge in [-0.15, -0.1) is 0 Å². The monoisotopic (exact) mass is 910 g/mol. The third-order valence-electron chi connectivity index (χ3n) is 17.4. The minimum atomic E-state index is -0.0213. The van der Waals surface area contributed by atoms with E-state index in [0.29, 0.717) is 62.9 Å². The largest absolute Gasteiger partial charge is 0.380 e. The number of methoxy groups -OCH3 is 1. The highest BCUT2D eigenvalue weighted by Gasteiger charge is 2.59. The maximum absolute atomic E-state index is 6.51. The van der Waals surface area contributed by atoms with Gasteiger partial charge in [0, 0.05) is 33.4 Å². The zero-order valence-corrected chi connectivity index (χ0v) is 43.5. The van der Waals surface area contributed by atoms with Crippen LogP contribution in [-0.4, -0.2) is 96.4 Å². The van der Waals surface area contributed by atoms with Crippen LogP contribution in [0.5, 0.6) is 0 Å². The first-order valence-corrected chi connectivity index (χ1v) is 27.9. The van der Waals surface area contributed by atoms with Crippen molar-refractivity contribution in [2.75, 3.05) is 73.2 Å². The number of unbranched alkanes of at least 4 members (excludes halogenated alkanes) is 9. The summed E-state index contributed by atoms with van der Waals surface area (Å²) in [6.07, 6.45) is 43.7. The predicted octanol–water partition coefficient (Wildman–Crippen LogP) is 14.3. The van der Waals surface area contributed by atoms with Crippen LogP contribution in [0, 0.1) is 46.3 Å². The van der Waals surface area contributed by atoms with E-state index in [4.69, 9.17) is 28.4 Å². The van der Waals surface area contributed by atoms with Crippen LogP contribution in [0.4, 0.5) is 0 Å². The summed E-state index contributed by atoms with van der Waals surface area (Å²) in [7, 11) is 1.82. The van der Waals surface area contributed by atoms with Gasteiger partial charge in [-0.2, -0.15) is 0 Å². The Bertz CT molecular complexity index is 1350. The molecule has 10 atom stereocenters. The second kappa shape index (κ2) is 30.5. The van der Waals surface area contributed by atoms with Crippen molar-refractivity contribution in [3.8, 4) is 0 Å². The highest BCUT2D eigenvalue weighted by atomic mass is 16.7. The molecule has 1 aliphatic heterocycles. The van der Waals surface area contributed by atoms with Crippen LogP contribution in [0.15, 0.2) is 36.0 Å². The Balaban J connectivity index is 0.903. The molecule has 5 rings (SSSR count). The first kappa shape index (κ1) is 54.9. The summed E-state index contributed by atoms with van der Waals surface area (Å²) in [6.45, 7) is 21.8. The van der Waals surface area contributed by atoms with Gasteiger partial charge in [0.05, 0.1) is 51.3 Å². The normalized spacial score (nSPS) is 30.3. The maximum atomic E-state index is 6.51. The van der Waals surface area contributed by atoms with Gasteiger partial charge in [-0.05, 0) is 143 Å². The number of allylic oxidation sites excluding steroid dienone is 5. The summed E-state index contributed by atoms with van der Waals surface area (Å²) < 4.78 is 36.4. The smallest absolute Gasteiger partial charge is 0.146 e. The van der Waals surface area contributed by atoms with Gasteiger partial charge in [0.15, 0.2) is 0 Å². The number of nitrogens with zero attached hydrogens (tertiary/aromatic N) is 1. The maximum Gasteiger partial charge on any atom is 0.146 e. The van der Waals surface area contributed by atoms with E-state index < -0.39 is 0 Å². The van der Waals surface area contributed by atoms with Gasteiger partial charge in [0.1, 0.15) is 6.79 Å². The molecule has 2 unspecified atom stereocenters. The highest BCUT2D eigenvalue weighted by Crippen LogP contribution is 2.67. The molecule has 1 saturated heterocycles. The summed E-state index contributed by atoms with van der Waals surface area (Å²) in [5.41, 5.74) is 2.64. The SMILES string of the molecule is CCCCCC=CCC=CCCCCCCCCOCOCC(CN1CCC(OC)C1)OCCOCCO[C@H]1CC[C@@]2(C)C(=CC[C@H]3[C@@H]4CC[C@H]([C@H](C)CCCC(C)C)[C@@]4(C)CC[C@@H]32)C1. The lowest BCUT2D eigenvalue weighted by Crippen LogP contribution is -2.51. The summed E-state index contributed by atoms with van der Waals surface area (Å²) in [6, 6.07) is 0. The lowest BCUT2D eigenvalue weighted by atomic mass is 9.47. The van der Waals surface area contributed by atoms with Crippen molar-refractivity contribution in [3.63, 3.8) is 0 Å². The Labute approximate surface area is 401 Å². The molecule has 3 saturated carbocycles. The first-order valence-electron chi connectivity index (χ1n) is 27.9. The van der Waals surface area contributed by atoms with E-state index in [1.54, 1.807) is 5.57 Å². The molecule has 0 aromatic carbocycles. The zero-order valence-electron chi connectivity index (χ0n) is 43.5. The summed E-state index contributed by atoms with van der Waals surface area (Å²) >= 11 is 0. The van der Waals surface area contributed by atoms with E-state index in [1.807, 2.05) is 7.11 Å². The quantitative estimate of drug-likeness (QED) is 0.0357. The topological polar surface area (TPSA) is 58.6 Å². The lowest BCUT2D eigenvalue weighted by Gasteiger charge is -2.58. The Morgan fingerprint density at radius 3 is 2.26 bits per heavy atom. The molecule has 4 aliphatic carbocycles. The number of hydrogen-bond acceptors (Lipinski definition) is 7. The zero-order chi connectivity index (χ0) is 46.2. The van der Waals surface area contributed by atoms with E-state index in [1.165, 1.54) is 128 Å². The lowest BCUT2D eigenvalue weighted by molar-refractivity contribution is -0.105. The van der Waals surface area contributed by atoms with Gasteiger partial charge >= 0.3 is 0 Å². The summed E-state index contributed by atoms with van der Waals surface area (Å²) in [4.78, 5) is 2.44. The molecule has 1 heterocycles. The standard InChI is InChI=1S/C58H103NO6/c1-8-9-10-11-12-13-14-15-16-17-18-19-20-21-22-23-37-62-46-63-45-52(44-59-36-33-51(43-59)60-7)65-41-39-61-38-40-64-50-31-34-57(5)49(42-50)27-28-53-55-30-29-54(48(4)26-24-25-47(2)3)58(55,6)35-32-56(53)57/h12-13,15-16,27,47-48,50-56H,8-11,14,17-26,28-46H2,1-7H3/t48-,50+,51?,52?,53+,54-,55+,56+,57+,58-/m1/s1. The Kier molecular flexibility index (Phi) is 25.8. The minimum absolute atomic E-state index is 0.0213.